The van der Waals surface area contributed by atoms with Crippen molar-refractivity contribution in [1.82, 2.24) is 15.2 Å². The Morgan fingerprint density at radius 1 is 1.25 bits per heavy atom. The first kappa shape index (κ1) is 20.2. The molecule has 2 N–H and O–H groups in total. The summed E-state index contributed by atoms with van der Waals surface area (Å²) >= 11 is 7.36. The van der Waals surface area contributed by atoms with Gasteiger partial charge in [-0.25, -0.2) is 4.98 Å². The van der Waals surface area contributed by atoms with Crippen LogP contribution in [0.1, 0.15) is 18.1 Å². The van der Waals surface area contributed by atoms with Crippen LogP contribution < -0.4 is 10.1 Å². The minimum atomic E-state index is -0.371. The summed E-state index contributed by atoms with van der Waals surface area (Å²) in [7, 11) is 1.58. The number of halogens is 1. The molecule has 3 aromatic rings. The van der Waals surface area contributed by atoms with E-state index in [1.165, 1.54) is 11.8 Å². The fraction of sp³-hybridized carbons (Fsp3) is 0.250. The van der Waals surface area contributed by atoms with Crippen LogP contribution in [0.15, 0.2) is 41.6 Å². The van der Waals surface area contributed by atoms with Gasteiger partial charge in [-0.2, -0.15) is 0 Å². The Kier molecular flexibility index (Phi) is 6.26. The molecule has 28 heavy (non-hydrogen) atoms. The van der Waals surface area contributed by atoms with Crippen molar-refractivity contribution < 1.29 is 9.53 Å². The summed E-state index contributed by atoms with van der Waals surface area (Å²) in [6, 6.07) is 11.2. The second kappa shape index (κ2) is 8.67. The number of benzene rings is 2. The van der Waals surface area contributed by atoms with Crippen molar-refractivity contribution in [2.45, 2.75) is 31.2 Å². The second-order valence-electron chi connectivity index (χ2n) is 6.38. The summed E-state index contributed by atoms with van der Waals surface area (Å²) in [5, 5.41) is 10.7. The highest BCUT2D eigenvalue weighted by Gasteiger charge is 2.19. The molecule has 1 atom stereocenters. The highest BCUT2D eigenvalue weighted by atomic mass is 35.5. The smallest absolute Gasteiger partial charge is 0.237 e. The number of rotatable bonds is 6. The van der Waals surface area contributed by atoms with E-state index in [-0.39, 0.29) is 11.2 Å². The van der Waals surface area contributed by atoms with Gasteiger partial charge in [0.05, 0.1) is 17.9 Å². The molecule has 0 aliphatic heterocycles. The second-order valence-corrected chi connectivity index (χ2v) is 8.12. The monoisotopic (exact) mass is 416 g/mol. The largest absolute Gasteiger partial charge is 0.496 e. The number of carbonyl (C=O) groups is 1. The lowest BCUT2D eigenvalue weighted by atomic mass is 10.1. The number of nitrogens with zero attached hydrogens (tertiary/aromatic N) is 2. The fourth-order valence-corrected chi connectivity index (χ4v) is 3.50. The van der Waals surface area contributed by atoms with Crippen molar-refractivity contribution in [2.75, 3.05) is 12.4 Å². The predicted molar refractivity (Wildman–Crippen MR) is 113 cm³/mol. The summed E-state index contributed by atoms with van der Waals surface area (Å²) in [4.78, 5) is 17.0. The molecule has 2 aromatic carbocycles. The maximum atomic E-state index is 12.6. The number of aromatic amines is 1. The van der Waals surface area contributed by atoms with Crippen molar-refractivity contribution >= 4 is 35.0 Å². The lowest BCUT2D eigenvalue weighted by molar-refractivity contribution is -0.115. The molecule has 146 valence electrons. The molecule has 8 heteroatoms. The van der Waals surface area contributed by atoms with Gasteiger partial charge in [0.1, 0.15) is 5.75 Å². The van der Waals surface area contributed by atoms with E-state index in [0.29, 0.717) is 27.3 Å². The molecule has 0 saturated carbocycles. The summed E-state index contributed by atoms with van der Waals surface area (Å²) in [5.74, 6) is 1.06. The van der Waals surface area contributed by atoms with Gasteiger partial charge in [0.25, 0.3) is 0 Å². The third-order valence-corrected chi connectivity index (χ3v) is 5.38. The van der Waals surface area contributed by atoms with Gasteiger partial charge in [0.15, 0.2) is 5.82 Å². The zero-order valence-electron chi connectivity index (χ0n) is 16.0. The Hall–Kier alpha value is -2.51. The summed E-state index contributed by atoms with van der Waals surface area (Å²) in [6.07, 6.45) is 0. The van der Waals surface area contributed by atoms with Crippen LogP contribution in [-0.2, 0) is 4.79 Å². The number of methoxy groups -OCH3 is 1. The maximum Gasteiger partial charge on any atom is 0.237 e. The van der Waals surface area contributed by atoms with Crippen LogP contribution in [0.4, 0.5) is 5.69 Å². The van der Waals surface area contributed by atoms with E-state index >= 15 is 0 Å². The Labute approximate surface area is 173 Å². The molecule has 0 spiro atoms. The number of H-pyrrole nitrogens is 1. The van der Waals surface area contributed by atoms with E-state index in [1.807, 2.05) is 39.0 Å². The van der Waals surface area contributed by atoms with Crippen molar-refractivity contribution in [2.24, 2.45) is 0 Å². The van der Waals surface area contributed by atoms with Gasteiger partial charge in [-0.1, -0.05) is 35.5 Å². The Bertz CT molecular complexity index is 1010. The van der Waals surface area contributed by atoms with Crippen LogP contribution in [0, 0.1) is 13.8 Å². The standard InChI is InChI=1S/C20H21ClN4O2S/c1-11-5-6-12(2)16(9-11)22-19(26)13(3)28-20-23-18(24-25-20)15-10-14(21)7-8-17(15)27-4/h5-10,13H,1-4H3,(H,22,26)(H,23,24,25)/t13-/m0/s1. The lowest BCUT2D eigenvalue weighted by Gasteiger charge is -2.12. The van der Waals surface area contributed by atoms with E-state index in [2.05, 4.69) is 20.5 Å². The Morgan fingerprint density at radius 2 is 2.04 bits per heavy atom. The molecule has 3 rings (SSSR count). The van der Waals surface area contributed by atoms with Gasteiger partial charge in [-0.15, -0.1) is 5.10 Å². The third kappa shape index (κ3) is 4.66. The van der Waals surface area contributed by atoms with E-state index < -0.39 is 0 Å². The molecular formula is C20H21ClN4O2S. The average molecular weight is 417 g/mol. The quantitative estimate of drug-likeness (QED) is 0.560. The molecule has 1 amide bonds. The summed E-state index contributed by atoms with van der Waals surface area (Å²) < 4.78 is 5.35. The van der Waals surface area contributed by atoms with Crippen LogP contribution >= 0.6 is 23.4 Å². The number of thioether (sulfide) groups is 1. The third-order valence-electron chi connectivity index (χ3n) is 4.18. The molecule has 0 saturated heterocycles. The number of aromatic nitrogens is 3. The highest BCUT2D eigenvalue weighted by molar-refractivity contribution is 8.00. The zero-order valence-corrected chi connectivity index (χ0v) is 17.6. The van der Waals surface area contributed by atoms with E-state index in [0.717, 1.165) is 16.8 Å². The fourth-order valence-electron chi connectivity index (χ4n) is 2.60. The van der Waals surface area contributed by atoms with E-state index in [4.69, 9.17) is 16.3 Å². The van der Waals surface area contributed by atoms with Gasteiger partial charge < -0.3 is 10.1 Å². The number of aryl methyl sites for hydroxylation is 2. The van der Waals surface area contributed by atoms with Crippen molar-refractivity contribution in [3.8, 4) is 17.1 Å². The molecule has 1 aromatic heterocycles. The molecule has 0 unspecified atom stereocenters. The van der Waals surface area contributed by atoms with Crippen LogP contribution in [-0.4, -0.2) is 33.4 Å². The van der Waals surface area contributed by atoms with Gasteiger partial charge in [0.2, 0.25) is 11.1 Å². The van der Waals surface area contributed by atoms with Crippen LogP contribution in [0.3, 0.4) is 0 Å². The topological polar surface area (TPSA) is 79.9 Å². The van der Waals surface area contributed by atoms with Gasteiger partial charge in [-0.05, 0) is 56.2 Å². The lowest BCUT2D eigenvalue weighted by Crippen LogP contribution is -2.23. The molecule has 0 fully saturated rings. The van der Waals surface area contributed by atoms with Crippen LogP contribution in [0.25, 0.3) is 11.4 Å². The first-order valence-corrected chi connectivity index (χ1v) is 9.94. The van der Waals surface area contributed by atoms with Gasteiger partial charge in [0, 0.05) is 10.7 Å². The average Bonchev–Trinajstić information content (AvgIpc) is 3.13. The van der Waals surface area contributed by atoms with Crippen LogP contribution in [0.2, 0.25) is 5.02 Å². The normalized spacial score (nSPS) is 11.9. The Balaban J connectivity index is 1.72. The van der Waals surface area contributed by atoms with Crippen LogP contribution in [0.5, 0.6) is 5.75 Å². The summed E-state index contributed by atoms with van der Waals surface area (Å²) in [6.45, 7) is 5.78. The van der Waals surface area contributed by atoms with E-state index in [9.17, 15) is 4.79 Å². The van der Waals surface area contributed by atoms with Crippen molar-refractivity contribution in [3.05, 3.63) is 52.5 Å². The van der Waals surface area contributed by atoms with E-state index in [1.54, 1.807) is 25.3 Å². The number of nitrogens with one attached hydrogen (secondary N) is 2. The molecule has 0 aliphatic rings. The first-order valence-electron chi connectivity index (χ1n) is 8.68. The minimum Gasteiger partial charge on any atom is -0.496 e. The first-order chi connectivity index (χ1) is 13.4. The van der Waals surface area contributed by atoms with Gasteiger partial charge >= 0.3 is 0 Å². The number of amides is 1. The Morgan fingerprint density at radius 3 is 2.79 bits per heavy atom. The molecule has 0 bridgehead atoms. The molecule has 0 radical (unpaired) electrons. The van der Waals surface area contributed by atoms with Crippen molar-refractivity contribution in [3.63, 3.8) is 0 Å². The number of hydrogen-bond acceptors (Lipinski definition) is 5. The molecule has 6 nitrogen and oxygen atoms in total. The number of carbonyl (C=O) groups excluding carboxylic acids is 1. The number of ether oxygens (including phenoxy) is 1. The maximum absolute atomic E-state index is 12.6. The highest BCUT2D eigenvalue weighted by Crippen LogP contribution is 2.32. The number of anilines is 1. The number of hydrogen-bond donors (Lipinski definition) is 2. The zero-order chi connectivity index (χ0) is 20.3. The van der Waals surface area contributed by atoms with Gasteiger partial charge in [-0.3, -0.25) is 9.89 Å². The SMILES string of the molecule is COc1ccc(Cl)cc1-c1nc(S[C@@H](C)C(=O)Nc2cc(C)ccc2C)n[nH]1. The predicted octanol–water partition coefficient (Wildman–Crippen LogP) is 4.87. The molecule has 1 heterocycles. The molecule has 0 aliphatic carbocycles. The van der Waals surface area contributed by atoms with Crippen molar-refractivity contribution in [1.29, 1.82) is 0 Å². The molecular weight excluding hydrogens is 396 g/mol. The summed E-state index contributed by atoms with van der Waals surface area (Å²) in [5.41, 5.74) is 3.64. The minimum absolute atomic E-state index is 0.106.